The highest BCUT2D eigenvalue weighted by molar-refractivity contribution is 5.43. The zero-order chi connectivity index (χ0) is 11.5. The molecule has 0 aliphatic carbocycles. The largest absolute Gasteiger partial charge is 0.496 e. The summed E-state index contributed by atoms with van der Waals surface area (Å²) in [5.74, 6) is 1.01. The normalized spacial score (nSPS) is 15.9. The van der Waals surface area contributed by atoms with Crippen molar-refractivity contribution in [1.29, 1.82) is 0 Å². The van der Waals surface area contributed by atoms with Gasteiger partial charge in [-0.1, -0.05) is 6.07 Å². The van der Waals surface area contributed by atoms with Gasteiger partial charge in [0.2, 0.25) is 0 Å². The van der Waals surface area contributed by atoms with Crippen LogP contribution in [-0.2, 0) is 13.0 Å². The summed E-state index contributed by atoms with van der Waals surface area (Å²) < 4.78 is 5.35. The molecule has 1 aliphatic heterocycles. The van der Waals surface area contributed by atoms with Crippen molar-refractivity contribution in [2.24, 2.45) is 5.73 Å². The highest BCUT2D eigenvalue weighted by Crippen LogP contribution is 2.27. The Hall–Kier alpha value is -1.06. The maximum Gasteiger partial charge on any atom is 0.122 e. The highest BCUT2D eigenvalue weighted by atomic mass is 16.5. The molecule has 0 saturated heterocycles. The van der Waals surface area contributed by atoms with Gasteiger partial charge in [-0.25, -0.2) is 0 Å². The lowest BCUT2D eigenvalue weighted by molar-refractivity contribution is 0.261. The van der Waals surface area contributed by atoms with Gasteiger partial charge < -0.3 is 10.5 Å². The van der Waals surface area contributed by atoms with Crippen molar-refractivity contribution in [3.63, 3.8) is 0 Å². The van der Waals surface area contributed by atoms with E-state index in [4.69, 9.17) is 10.5 Å². The average Bonchev–Trinajstić information content (AvgIpc) is 2.28. The predicted molar refractivity (Wildman–Crippen MR) is 65.8 cm³/mol. The van der Waals surface area contributed by atoms with E-state index in [1.54, 1.807) is 7.11 Å². The molecule has 1 aromatic carbocycles. The van der Waals surface area contributed by atoms with Gasteiger partial charge in [-0.2, -0.15) is 0 Å². The Bertz CT molecular complexity index is 376. The number of ether oxygens (including phenoxy) is 1. The molecule has 2 rings (SSSR count). The fraction of sp³-hybridized carbons (Fsp3) is 0.538. The van der Waals surface area contributed by atoms with E-state index in [0.29, 0.717) is 0 Å². The Labute approximate surface area is 97.2 Å². The zero-order valence-electron chi connectivity index (χ0n) is 10.1. The number of methoxy groups -OCH3 is 1. The minimum absolute atomic E-state index is 0.741. The van der Waals surface area contributed by atoms with Crippen LogP contribution in [0.2, 0.25) is 0 Å². The van der Waals surface area contributed by atoms with E-state index in [-0.39, 0.29) is 0 Å². The van der Waals surface area contributed by atoms with E-state index in [1.807, 2.05) is 0 Å². The minimum atomic E-state index is 0.741. The molecule has 1 aromatic rings. The summed E-state index contributed by atoms with van der Waals surface area (Å²) in [5, 5.41) is 0. The first-order valence-corrected chi connectivity index (χ1v) is 5.83. The second-order valence-corrected chi connectivity index (χ2v) is 4.41. The molecular weight excluding hydrogens is 200 g/mol. The molecule has 0 radical (unpaired) electrons. The van der Waals surface area contributed by atoms with Gasteiger partial charge in [0.1, 0.15) is 5.75 Å². The molecule has 0 fully saturated rings. The molecule has 16 heavy (non-hydrogen) atoms. The van der Waals surface area contributed by atoms with Gasteiger partial charge in [-0.15, -0.1) is 0 Å². The second-order valence-electron chi connectivity index (χ2n) is 4.41. The Balaban J connectivity index is 2.22. The highest BCUT2D eigenvalue weighted by Gasteiger charge is 2.17. The molecule has 0 unspecified atom stereocenters. The molecule has 0 amide bonds. The van der Waals surface area contributed by atoms with E-state index in [2.05, 4.69) is 24.0 Å². The van der Waals surface area contributed by atoms with Crippen LogP contribution in [0.3, 0.4) is 0 Å². The first-order valence-electron chi connectivity index (χ1n) is 5.83. The number of nitrogens with zero attached hydrogens (tertiary/aromatic N) is 1. The van der Waals surface area contributed by atoms with Crippen LogP contribution < -0.4 is 10.5 Å². The molecule has 0 aromatic heterocycles. The maximum absolute atomic E-state index is 5.59. The molecule has 0 spiro atoms. The number of benzene rings is 1. The van der Waals surface area contributed by atoms with Gasteiger partial charge in [-0.05, 0) is 36.1 Å². The lowest BCUT2D eigenvalue weighted by Crippen LogP contribution is -2.34. The first kappa shape index (κ1) is 11.4. The summed E-state index contributed by atoms with van der Waals surface area (Å²) in [5.41, 5.74) is 9.67. The summed E-state index contributed by atoms with van der Waals surface area (Å²) in [4.78, 5) is 2.41. The molecule has 0 saturated carbocycles. The van der Waals surface area contributed by atoms with Crippen molar-refractivity contribution in [3.05, 3.63) is 28.8 Å². The summed E-state index contributed by atoms with van der Waals surface area (Å²) in [7, 11) is 1.73. The SMILES string of the molecule is COc1cc2c(cc1C)CN(CCN)CC2. The number of hydrogen-bond donors (Lipinski definition) is 1. The molecule has 0 atom stereocenters. The number of rotatable bonds is 3. The van der Waals surface area contributed by atoms with Crippen LogP contribution in [0.1, 0.15) is 16.7 Å². The monoisotopic (exact) mass is 220 g/mol. The second kappa shape index (κ2) is 4.85. The Morgan fingerprint density at radius 1 is 1.38 bits per heavy atom. The fourth-order valence-corrected chi connectivity index (χ4v) is 2.36. The van der Waals surface area contributed by atoms with Gasteiger partial charge in [0, 0.05) is 26.2 Å². The zero-order valence-corrected chi connectivity index (χ0v) is 10.1. The number of hydrogen-bond acceptors (Lipinski definition) is 3. The Morgan fingerprint density at radius 2 is 2.19 bits per heavy atom. The molecule has 3 heteroatoms. The van der Waals surface area contributed by atoms with Crippen molar-refractivity contribution in [3.8, 4) is 5.75 Å². The Kier molecular flexibility index (Phi) is 3.46. The van der Waals surface area contributed by atoms with Gasteiger partial charge in [0.15, 0.2) is 0 Å². The van der Waals surface area contributed by atoms with E-state index in [0.717, 1.165) is 38.3 Å². The molecule has 3 nitrogen and oxygen atoms in total. The quantitative estimate of drug-likeness (QED) is 0.835. The van der Waals surface area contributed by atoms with Crippen molar-refractivity contribution >= 4 is 0 Å². The molecule has 0 bridgehead atoms. The smallest absolute Gasteiger partial charge is 0.122 e. The lowest BCUT2D eigenvalue weighted by atomic mass is 9.97. The third kappa shape index (κ3) is 2.20. The van der Waals surface area contributed by atoms with Crippen LogP contribution in [0.25, 0.3) is 0 Å². The Morgan fingerprint density at radius 3 is 2.88 bits per heavy atom. The average molecular weight is 220 g/mol. The molecule has 1 aliphatic rings. The van der Waals surface area contributed by atoms with E-state index in [9.17, 15) is 0 Å². The molecule has 88 valence electrons. The van der Waals surface area contributed by atoms with E-state index < -0.39 is 0 Å². The van der Waals surface area contributed by atoms with Crippen molar-refractivity contribution in [2.45, 2.75) is 19.9 Å². The van der Waals surface area contributed by atoms with Crippen LogP contribution in [0.15, 0.2) is 12.1 Å². The first-order chi connectivity index (χ1) is 7.74. The van der Waals surface area contributed by atoms with Gasteiger partial charge in [0.25, 0.3) is 0 Å². The van der Waals surface area contributed by atoms with E-state index in [1.165, 1.54) is 16.7 Å². The van der Waals surface area contributed by atoms with Crippen molar-refractivity contribution in [1.82, 2.24) is 4.90 Å². The van der Waals surface area contributed by atoms with Crippen LogP contribution in [-0.4, -0.2) is 31.6 Å². The summed E-state index contributed by atoms with van der Waals surface area (Å²) >= 11 is 0. The summed E-state index contributed by atoms with van der Waals surface area (Å²) in [6.45, 7) is 5.96. The minimum Gasteiger partial charge on any atom is -0.496 e. The molecule has 1 heterocycles. The number of nitrogens with two attached hydrogens (primary N) is 1. The van der Waals surface area contributed by atoms with Crippen LogP contribution in [0, 0.1) is 6.92 Å². The van der Waals surface area contributed by atoms with Crippen molar-refractivity contribution in [2.75, 3.05) is 26.7 Å². The predicted octanol–water partition coefficient (Wildman–Crippen LogP) is 1.32. The third-order valence-corrected chi connectivity index (χ3v) is 3.25. The van der Waals surface area contributed by atoms with Crippen molar-refractivity contribution < 1.29 is 4.74 Å². The number of aryl methyl sites for hydroxylation is 1. The lowest BCUT2D eigenvalue weighted by Gasteiger charge is -2.29. The molecule has 2 N–H and O–H groups in total. The maximum atomic E-state index is 5.59. The van der Waals surface area contributed by atoms with Crippen LogP contribution >= 0.6 is 0 Å². The van der Waals surface area contributed by atoms with Crippen LogP contribution in [0.4, 0.5) is 0 Å². The number of fused-ring (bicyclic) bond motifs is 1. The molecular formula is C13H20N2O. The van der Waals surface area contributed by atoms with Crippen LogP contribution in [0.5, 0.6) is 5.75 Å². The van der Waals surface area contributed by atoms with Gasteiger partial charge in [-0.3, -0.25) is 4.90 Å². The van der Waals surface area contributed by atoms with Gasteiger partial charge in [0.05, 0.1) is 7.11 Å². The van der Waals surface area contributed by atoms with E-state index >= 15 is 0 Å². The fourth-order valence-electron chi connectivity index (χ4n) is 2.36. The summed E-state index contributed by atoms with van der Waals surface area (Å²) in [6.07, 6.45) is 1.10. The topological polar surface area (TPSA) is 38.5 Å². The third-order valence-electron chi connectivity index (χ3n) is 3.25. The standard InChI is InChI=1S/C13H20N2O/c1-10-7-12-9-15(6-4-14)5-3-11(12)8-13(10)16-2/h7-8H,3-6,9,14H2,1-2H3. The van der Waals surface area contributed by atoms with Gasteiger partial charge >= 0.3 is 0 Å². The summed E-state index contributed by atoms with van der Waals surface area (Å²) in [6, 6.07) is 4.43.